The summed E-state index contributed by atoms with van der Waals surface area (Å²) in [6, 6.07) is 9.71. The number of nitrogens with one attached hydrogen (secondary N) is 3. The van der Waals surface area contributed by atoms with Crippen LogP contribution in [0.2, 0.25) is 0 Å². The number of nitrogens with zero attached hydrogens (tertiary/aromatic N) is 1. The van der Waals surface area contributed by atoms with E-state index in [9.17, 15) is 4.79 Å². The van der Waals surface area contributed by atoms with Gasteiger partial charge in [-0.25, -0.2) is 4.79 Å². The zero-order valence-corrected chi connectivity index (χ0v) is 16.5. The summed E-state index contributed by atoms with van der Waals surface area (Å²) >= 11 is 0. The Bertz CT molecular complexity index is 556. The topological polar surface area (TPSA) is 84.0 Å². The first-order chi connectivity index (χ1) is 12.3. The maximum Gasteiger partial charge on any atom is 0.407 e. The van der Waals surface area contributed by atoms with Crippen LogP contribution in [0, 0.1) is 0 Å². The van der Waals surface area contributed by atoms with Gasteiger partial charge in [0.1, 0.15) is 17.5 Å². The minimum absolute atomic E-state index is 0.00443. The predicted molar refractivity (Wildman–Crippen MR) is 105 cm³/mol. The van der Waals surface area contributed by atoms with Gasteiger partial charge < -0.3 is 25.4 Å². The SMILES string of the molecule is CN=C(NCCCNC(=O)OC(C)(C)C)NCC(C)Oc1ccccc1. The van der Waals surface area contributed by atoms with Crippen LogP contribution in [0.1, 0.15) is 34.1 Å². The molecule has 0 aliphatic rings. The molecule has 1 atom stereocenters. The Kier molecular flexibility index (Phi) is 9.33. The van der Waals surface area contributed by atoms with Crippen LogP contribution in [0.15, 0.2) is 35.3 Å². The van der Waals surface area contributed by atoms with Crippen LogP contribution in [0.3, 0.4) is 0 Å². The third-order valence-electron chi connectivity index (χ3n) is 3.18. The largest absolute Gasteiger partial charge is 0.489 e. The summed E-state index contributed by atoms with van der Waals surface area (Å²) in [5.74, 6) is 1.55. The van der Waals surface area contributed by atoms with Crippen LogP contribution < -0.4 is 20.7 Å². The van der Waals surface area contributed by atoms with Crippen molar-refractivity contribution in [1.82, 2.24) is 16.0 Å². The molecule has 1 amide bonds. The molecule has 0 radical (unpaired) electrons. The van der Waals surface area contributed by atoms with Gasteiger partial charge in [-0.3, -0.25) is 4.99 Å². The number of amides is 1. The van der Waals surface area contributed by atoms with Gasteiger partial charge in [0.05, 0.1) is 6.54 Å². The quantitative estimate of drug-likeness (QED) is 0.375. The molecule has 7 nitrogen and oxygen atoms in total. The molecule has 0 spiro atoms. The van der Waals surface area contributed by atoms with Crippen LogP contribution in [0.5, 0.6) is 5.75 Å². The molecule has 1 unspecified atom stereocenters. The van der Waals surface area contributed by atoms with E-state index in [1.807, 2.05) is 58.0 Å². The average Bonchev–Trinajstić information content (AvgIpc) is 2.56. The molecule has 3 N–H and O–H groups in total. The molecule has 26 heavy (non-hydrogen) atoms. The number of rotatable bonds is 8. The fourth-order valence-corrected chi connectivity index (χ4v) is 2.03. The van der Waals surface area contributed by atoms with E-state index in [0.29, 0.717) is 25.6 Å². The number of hydrogen-bond acceptors (Lipinski definition) is 4. The highest BCUT2D eigenvalue weighted by Gasteiger charge is 2.15. The lowest BCUT2D eigenvalue weighted by molar-refractivity contribution is 0.0527. The number of carbonyl (C=O) groups is 1. The van der Waals surface area contributed by atoms with Crippen molar-refractivity contribution in [2.75, 3.05) is 26.7 Å². The first kappa shape index (κ1) is 21.6. The lowest BCUT2D eigenvalue weighted by atomic mass is 10.2. The van der Waals surface area contributed by atoms with E-state index >= 15 is 0 Å². The lowest BCUT2D eigenvalue weighted by Gasteiger charge is -2.20. The van der Waals surface area contributed by atoms with E-state index in [2.05, 4.69) is 20.9 Å². The molecular weight excluding hydrogens is 332 g/mol. The van der Waals surface area contributed by atoms with Crippen molar-refractivity contribution in [3.05, 3.63) is 30.3 Å². The van der Waals surface area contributed by atoms with Gasteiger partial charge >= 0.3 is 6.09 Å². The number of aliphatic imine (C=N–C) groups is 1. The van der Waals surface area contributed by atoms with Gasteiger partial charge in [-0.05, 0) is 46.2 Å². The van der Waals surface area contributed by atoms with Crippen LogP contribution >= 0.6 is 0 Å². The Morgan fingerprint density at radius 1 is 1.12 bits per heavy atom. The van der Waals surface area contributed by atoms with Crippen LogP contribution in [-0.2, 0) is 4.74 Å². The Labute approximate surface area is 156 Å². The highest BCUT2D eigenvalue weighted by molar-refractivity contribution is 5.79. The minimum Gasteiger partial charge on any atom is -0.489 e. The molecule has 7 heteroatoms. The van der Waals surface area contributed by atoms with E-state index in [0.717, 1.165) is 12.2 Å². The van der Waals surface area contributed by atoms with Crippen molar-refractivity contribution in [2.24, 2.45) is 4.99 Å². The number of guanidine groups is 1. The number of ether oxygens (including phenoxy) is 2. The number of para-hydroxylation sites is 1. The second-order valence-corrected chi connectivity index (χ2v) is 6.90. The van der Waals surface area contributed by atoms with E-state index < -0.39 is 11.7 Å². The van der Waals surface area contributed by atoms with Crippen LogP contribution in [-0.4, -0.2) is 50.4 Å². The van der Waals surface area contributed by atoms with Crippen molar-refractivity contribution in [1.29, 1.82) is 0 Å². The third kappa shape index (κ3) is 10.4. The smallest absolute Gasteiger partial charge is 0.407 e. The molecule has 0 aliphatic heterocycles. The van der Waals surface area contributed by atoms with Crippen molar-refractivity contribution in [2.45, 2.75) is 45.8 Å². The molecule has 0 aliphatic carbocycles. The first-order valence-electron chi connectivity index (χ1n) is 8.93. The maximum atomic E-state index is 11.5. The molecule has 0 fully saturated rings. The zero-order chi connectivity index (χ0) is 19.4. The van der Waals surface area contributed by atoms with Gasteiger partial charge in [-0.15, -0.1) is 0 Å². The van der Waals surface area contributed by atoms with E-state index in [4.69, 9.17) is 9.47 Å². The molecule has 1 aromatic carbocycles. The lowest BCUT2D eigenvalue weighted by Crippen LogP contribution is -2.42. The Balaban J connectivity index is 2.16. The van der Waals surface area contributed by atoms with Gasteiger partial charge in [0.15, 0.2) is 5.96 Å². The summed E-state index contributed by atoms with van der Waals surface area (Å²) in [4.78, 5) is 15.7. The number of benzene rings is 1. The van der Waals surface area contributed by atoms with Crippen molar-refractivity contribution in [3.8, 4) is 5.75 Å². The molecule has 0 aromatic heterocycles. The highest BCUT2D eigenvalue weighted by atomic mass is 16.6. The summed E-state index contributed by atoms with van der Waals surface area (Å²) in [7, 11) is 1.72. The van der Waals surface area contributed by atoms with E-state index in [-0.39, 0.29) is 6.10 Å². The van der Waals surface area contributed by atoms with E-state index in [1.165, 1.54) is 0 Å². The van der Waals surface area contributed by atoms with Gasteiger partial charge in [-0.2, -0.15) is 0 Å². The molecule has 0 saturated carbocycles. The number of hydrogen-bond donors (Lipinski definition) is 3. The monoisotopic (exact) mass is 364 g/mol. The molecule has 1 aromatic rings. The summed E-state index contributed by atoms with van der Waals surface area (Å²) in [5.41, 5.74) is -0.479. The summed E-state index contributed by atoms with van der Waals surface area (Å²) in [5, 5.41) is 9.15. The summed E-state index contributed by atoms with van der Waals surface area (Å²) in [6.45, 7) is 9.36. The number of carbonyl (C=O) groups excluding carboxylic acids is 1. The van der Waals surface area contributed by atoms with Crippen molar-refractivity contribution < 1.29 is 14.3 Å². The summed E-state index contributed by atoms with van der Waals surface area (Å²) < 4.78 is 11.0. The molecule has 0 saturated heterocycles. The van der Waals surface area contributed by atoms with Gasteiger partial charge in [-0.1, -0.05) is 18.2 Å². The molecule has 0 bridgehead atoms. The van der Waals surface area contributed by atoms with Gasteiger partial charge in [0.25, 0.3) is 0 Å². The minimum atomic E-state index is -0.479. The number of alkyl carbamates (subject to hydrolysis) is 1. The Morgan fingerprint density at radius 3 is 2.38 bits per heavy atom. The second kappa shape index (κ2) is 11.2. The summed E-state index contributed by atoms with van der Waals surface area (Å²) in [6.07, 6.45) is 0.368. The third-order valence-corrected chi connectivity index (χ3v) is 3.18. The fraction of sp³-hybridized carbons (Fsp3) is 0.579. The zero-order valence-electron chi connectivity index (χ0n) is 16.5. The molecular formula is C19H32N4O3. The predicted octanol–water partition coefficient (Wildman–Crippen LogP) is 2.53. The Hall–Kier alpha value is -2.44. The van der Waals surface area contributed by atoms with Gasteiger partial charge in [0, 0.05) is 20.1 Å². The molecule has 0 heterocycles. The second-order valence-electron chi connectivity index (χ2n) is 6.90. The highest BCUT2D eigenvalue weighted by Crippen LogP contribution is 2.10. The molecule has 1 rings (SSSR count). The average molecular weight is 364 g/mol. The maximum absolute atomic E-state index is 11.5. The van der Waals surface area contributed by atoms with Crippen LogP contribution in [0.25, 0.3) is 0 Å². The van der Waals surface area contributed by atoms with E-state index in [1.54, 1.807) is 7.05 Å². The van der Waals surface area contributed by atoms with Crippen molar-refractivity contribution >= 4 is 12.1 Å². The normalized spacial score (nSPS) is 12.9. The first-order valence-corrected chi connectivity index (χ1v) is 8.93. The molecule has 146 valence electrons. The standard InChI is InChI=1S/C19H32N4O3/c1-15(25-16-10-7-6-8-11-16)14-23-17(20-5)21-12-9-13-22-18(24)26-19(2,3)4/h6-8,10-11,15H,9,12-14H2,1-5H3,(H,22,24)(H2,20,21,23). The fourth-order valence-electron chi connectivity index (χ4n) is 2.03. The Morgan fingerprint density at radius 2 is 1.77 bits per heavy atom. The van der Waals surface area contributed by atoms with Crippen molar-refractivity contribution in [3.63, 3.8) is 0 Å². The van der Waals surface area contributed by atoms with Gasteiger partial charge in [0.2, 0.25) is 0 Å². The van der Waals surface area contributed by atoms with Crippen LogP contribution in [0.4, 0.5) is 4.79 Å².